The maximum absolute atomic E-state index is 5.44. The van der Waals surface area contributed by atoms with E-state index in [9.17, 15) is 0 Å². The van der Waals surface area contributed by atoms with E-state index in [1.165, 1.54) is 0 Å². The number of rotatable bonds is 1. The average Bonchev–Trinajstić information content (AvgIpc) is 2.40. The molecule has 0 aromatic rings. The van der Waals surface area contributed by atoms with Gasteiger partial charge in [-0.3, -0.25) is 4.99 Å². The van der Waals surface area contributed by atoms with Crippen LogP contribution < -0.4 is 11.3 Å². The highest BCUT2D eigenvalue weighted by atomic mass is 16.5. The van der Waals surface area contributed by atoms with E-state index < -0.39 is 0 Å². The van der Waals surface area contributed by atoms with Crippen molar-refractivity contribution in [2.45, 2.75) is 19.4 Å². The summed E-state index contributed by atoms with van der Waals surface area (Å²) in [5.41, 5.74) is 2.55. The van der Waals surface area contributed by atoms with Crippen LogP contribution in [0.15, 0.2) is 4.99 Å². The molecule has 0 aromatic heterocycles. The molecule has 0 aromatic carbocycles. The molecule has 4 heteroatoms. The van der Waals surface area contributed by atoms with Gasteiger partial charge in [0.2, 0.25) is 0 Å². The third kappa shape index (κ3) is 1.70. The predicted molar refractivity (Wildman–Crippen MR) is 44.2 cm³/mol. The van der Waals surface area contributed by atoms with Crippen LogP contribution in [-0.2, 0) is 4.74 Å². The van der Waals surface area contributed by atoms with Crippen LogP contribution in [0.4, 0.5) is 0 Å². The second-order valence-electron chi connectivity index (χ2n) is 2.81. The van der Waals surface area contributed by atoms with Crippen LogP contribution in [0.5, 0.6) is 0 Å². The molecule has 2 unspecified atom stereocenters. The summed E-state index contributed by atoms with van der Waals surface area (Å²) in [6, 6.07) is 0. The van der Waals surface area contributed by atoms with Crippen molar-refractivity contribution in [3.63, 3.8) is 0 Å². The van der Waals surface area contributed by atoms with Crippen molar-refractivity contribution < 1.29 is 4.74 Å². The minimum atomic E-state index is 0.0741. The van der Waals surface area contributed by atoms with Gasteiger partial charge in [-0.2, -0.15) is 0 Å². The predicted octanol–water partition coefficient (Wildman–Crippen LogP) is -0.0970. The molecule has 0 amide bonds. The first-order valence-electron chi connectivity index (χ1n) is 3.84. The topological polar surface area (TPSA) is 59.6 Å². The van der Waals surface area contributed by atoms with E-state index in [4.69, 9.17) is 10.6 Å². The molecule has 2 atom stereocenters. The molecule has 11 heavy (non-hydrogen) atoms. The first-order chi connectivity index (χ1) is 5.29. The zero-order valence-corrected chi connectivity index (χ0v) is 7.00. The Morgan fingerprint density at radius 2 is 2.45 bits per heavy atom. The number of nitrogens with zero attached hydrogens (tertiary/aromatic N) is 1. The summed E-state index contributed by atoms with van der Waals surface area (Å²) in [7, 11) is 1.71. The lowest BCUT2D eigenvalue weighted by Gasteiger charge is -2.15. The fourth-order valence-electron chi connectivity index (χ4n) is 1.32. The number of hydrazine groups is 1. The van der Waals surface area contributed by atoms with E-state index in [2.05, 4.69) is 17.3 Å². The lowest BCUT2D eigenvalue weighted by molar-refractivity contribution is 0.142. The molecule has 1 aliphatic rings. The van der Waals surface area contributed by atoms with E-state index in [0.717, 1.165) is 18.9 Å². The first-order valence-corrected chi connectivity index (χ1v) is 3.84. The van der Waals surface area contributed by atoms with Crippen molar-refractivity contribution in [2.75, 3.05) is 13.7 Å². The van der Waals surface area contributed by atoms with Crippen LogP contribution in [-0.4, -0.2) is 25.6 Å². The summed E-state index contributed by atoms with van der Waals surface area (Å²) in [6.07, 6.45) is 1.16. The molecular formula is C7H15N3O. The molecule has 1 saturated heterocycles. The standard InChI is InChI=1S/C7H15N3O/c1-5-3-4-11-6(5)7(9-2)10-8/h5-6H,3-4,8H2,1-2H3,(H,9,10). The largest absolute Gasteiger partial charge is 0.370 e. The fraction of sp³-hybridized carbons (Fsp3) is 0.857. The highest BCUT2D eigenvalue weighted by Gasteiger charge is 2.28. The average molecular weight is 157 g/mol. The van der Waals surface area contributed by atoms with Crippen molar-refractivity contribution in [1.82, 2.24) is 5.43 Å². The number of hydrogen-bond donors (Lipinski definition) is 2. The second kappa shape index (κ2) is 3.69. The zero-order valence-electron chi connectivity index (χ0n) is 7.00. The van der Waals surface area contributed by atoms with Crippen LogP contribution in [0.25, 0.3) is 0 Å². The van der Waals surface area contributed by atoms with Crippen LogP contribution in [0.1, 0.15) is 13.3 Å². The number of nitrogens with one attached hydrogen (secondary N) is 1. The summed E-state index contributed by atoms with van der Waals surface area (Å²) in [6.45, 7) is 2.95. The summed E-state index contributed by atoms with van der Waals surface area (Å²) >= 11 is 0. The molecule has 1 fully saturated rings. The van der Waals surface area contributed by atoms with E-state index in [0.29, 0.717) is 5.92 Å². The lowest BCUT2D eigenvalue weighted by atomic mass is 10.0. The van der Waals surface area contributed by atoms with E-state index >= 15 is 0 Å². The van der Waals surface area contributed by atoms with Gasteiger partial charge in [0.1, 0.15) is 11.9 Å². The molecule has 0 aliphatic carbocycles. The minimum Gasteiger partial charge on any atom is -0.370 e. The van der Waals surface area contributed by atoms with Crippen molar-refractivity contribution in [3.05, 3.63) is 0 Å². The molecule has 4 nitrogen and oxygen atoms in total. The smallest absolute Gasteiger partial charge is 0.140 e. The third-order valence-corrected chi connectivity index (χ3v) is 2.05. The van der Waals surface area contributed by atoms with E-state index in [-0.39, 0.29) is 6.10 Å². The molecular weight excluding hydrogens is 142 g/mol. The van der Waals surface area contributed by atoms with Gasteiger partial charge in [-0.15, -0.1) is 0 Å². The summed E-state index contributed by atoms with van der Waals surface area (Å²) < 4.78 is 5.44. The van der Waals surface area contributed by atoms with Gasteiger partial charge in [0, 0.05) is 13.7 Å². The van der Waals surface area contributed by atoms with Crippen molar-refractivity contribution >= 4 is 5.84 Å². The van der Waals surface area contributed by atoms with Gasteiger partial charge in [-0.25, -0.2) is 5.84 Å². The molecule has 1 rings (SSSR count). The molecule has 0 bridgehead atoms. The molecule has 0 radical (unpaired) electrons. The molecule has 0 spiro atoms. The Hall–Kier alpha value is -0.610. The highest BCUT2D eigenvalue weighted by Crippen LogP contribution is 2.20. The Morgan fingerprint density at radius 1 is 1.73 bits per heavy atom. The molecule has 1 heterocycles. The second-order valence-corrected chi connectivity index (χ2v) is 2.81. The van der Waals surface area contributed by atoms with Gasteiger partial charge >= 0.3 is 0 Å². The van der Waals surface area contributed by atoms with Gasteiger partial charge < -0.3 is 10.2 Å². The van der Waals surface area contributed by atoms with E-state index in [1.807, 2.05) is 0 Å². The van der Waals surface area contributed by atoms with E-state index in [1.54, 1.807) is 7.05 Å². The first kappa shape index (κ1) is 8.49. The van der Waals surface area contributed by atoms with Crippen molar-refractivity contribution in [1.29, 1.82) is 0 Å². The maximum Gasteiger partial charge on any atom is 0.140 e. The minimum absolute atomic E-state index is 0.0741. The summed E-state index contributed by atoms with van der Waals surface area (Å²) in [5, 5.41) is 0. The van der Waals surface area contributed by atoms with Gasteiger partial charge in [0.25, 0.3) is 0 Å². The number of amidine groups is 1. The maximum atomic E-state index is 5.44. The van der Waals surface area contributed by atoms with Crippen molar-refractivity contribution in [3.8, 4) is 0 Å². The quantitative estimate of drug-likeness (QED) is 0.242. The molecule has 1 aliphatic heterocycles. The van der Waals surface area contributed by atoms with Gasteiger partial charge in [0.15, 0.2) is 0 Å². The molecule has 64 valence electrons. The van der Waals surface area contributed by atoms with Gasteiger partial charge in [-0.1, -0.05) is 6.92 Å². The summed E-state index contributed by atoms with van der Waals surface area (Å²) in [5.74, 6) is 6.53. The van der Waals surface area contributed by atoms with Gasteiger partial charge in [0.05, 0.1) is 0 Å². The normalized spacial score (nSPS) is 32.5. The van der Waals surface area contributed by atoms with Crippen molar-refractivity contribution in [2.24, 2.45) is 16.8 Å². The number of hydrogen-bond acceptors (Lipinski definition) is 3. The summed E-state index contributed by atoms with van der Waals surface area (Å²) in [4.78, 5) is 3.99. The Kier molecular flexibility index (Phi) is 2.84. The highest BCUT2D eigenvalue weighted by molar-refractivity contribution is 5.86. The van der Waals surface area contributed by atoms with Crippen LogP contribution >= 0.6 is 0 Å². The SMILES string of the molecule is CN=C(NN)C1OCCC1C. The number of aliphatic imine (C=N–C) groups is 1. The van der Waals surface area contributed by atoms with Gasteiger partial charge in [-0.05, 0) is 12.3 Å². The number of ether oxygens (including phenoxy) is 1. The zero-order chi connectivity index (χ0) is 8.27. The third-order valence-electron chi connectivity index (χ3n) is 2.05. The molecule has 0 saturated carbocycles. The van der Waals surface area contributed by atoms with Crippen LogP contribution in [0, 0.1) is 5.92 Å². The Morgan fingerprint density at radius 3 is 2.82 bits per heavy atom. The Bertz CT molecular complexity index is 158. The fourth-order valence-corrected chi connectivity index (χ4v) is 1.32. The Labute approximate surface area is 66.8 Å². The number of nitrogens with two attached hydrogens (primary N) is 1. The lowest BCUT2D eigenvalue weighted by Crippen LogP contribution is -2.41. The van der Waals surface area contributed by atoms with Crippen LogP contribution in [0.3, 0.4) is 0 Å². The monoisotopic (exact) mass is 157 g/mol. The Balaban J connectivity index is 2.57. The molecule has 3 N–H and O–H groups in total. The van der Waals surface area contributed by atoms with Crippen LogP contribution in [0.2, 0.25) is 0 Å².